The smallest absolute Gasteiger partial charge is 0.260 e. The molecule has 7 heteroatoms. The van der Waals surface area contributed by atoms with Crippen LogP contribution >= 0.6 is 0 Å². The number of halogens is 1. The van der Waals surface area contributed by atoms with Crippen LogP contribution in [-0.2, 0) is 11.8 Å². The number of piperidine rings is 1. The third kappa shape index (κ3) is 3.49. The van der Waals surface area contributed by atoms with Crippen LogP contribution in [0.5, 0.6) is 5.75 Å². The van der Waals surface area contributed by atoms with Gasteiger partial charge in [-0.25, -0.2) is 9.37 Å². The van der Waals surface area contributed by atoms with Crippen LogP contribution in [0.15, 0.2) is 42.6 Å². The van der Waals surface area contributed by atoms with Crippen LogP contribution < -0.4 is 4.74 Å². The Hall–Kier alpha value is -2.96. The van der Waals surface area contributed by atoms with Crippen molar-refractivity contribution in [1.82, 2.24) is 19.7 Å². The maximum Gasteiger partial charge on any atom is 0.260 e. The fourth-order valence-electron chi connectivity index (χ4n) is 3.64. The first kappa shape index (κ1) is 17.5. The number of carbonyl (C=O) groups is 1. The van der Waals surface area contributed by atoms with Gasteiger partial charge in [0, 0.05) is 37.6 Å². The molecule has 1 saturated heterocycles. The summed E-state index contributed by atoms with van der Waals surface area (Å²) in [4.78, 5) is 18.7. The van der Waals surface area contributed by atoms with Gasteiger partial charge in [0.05, 0.1) is 5.69 Å². The zero-order valence-corrected chi connectivity index (χ0v) is 15.1. The molecule has 1 amide bonds. The van der Waals surface area contributed by atoms with Crippen LogP contribution in [0.4, 0.5) is 4.39 Å². The third-order valence-corrected chi connectivity index (χ3v) is 4.98. The highest BCUT2D eigenvalue weighted by Crippen LogP contribution is 2.30. The Morgan fingerprint density at radius 3 is 3.00 bits per heavy atom. The minimum atomic E-state index is -0.464. The van der Waals surface area contributed by atoms with E-state index >= 15 is 0 Å². The van der Waals surface area contributed by atoms with E-state index in [1.807, 2.05) is 19.2 Å². The van der Waals surface area contributed by atoms with E-state index in [2.05, 4.69) is 10.1 Å². The van der Waals surface area contributed by atoms with E-state index in [0.29, 0.717) is 13.1 Å². The number of ether oxygens (including phenoxy) is 1. The number of aryl methyl sites for hydroxylation is 1. The van der Waals surface area contributed by atoms with Crippen molar-refractivity contribution in [3.8, 4) is 5.75 Å². The van der Waals surface area contributed by atoms with Gasteiger partial charge in [-0.1, -0.05) is 12.1 Å². The second kappa shape index (κ2) is 7.34. The van der Waals surface area contributed by atoms with Crippen LogP contribution in [-0.4, -0.2) is 45.3 Å². The van der Waals surface area contributed by atoms with E-state index in [4.69, 9.17) is 4.74 Å². The Bertz CT molecular complexity index is 972. The largest absolute Gasteiger partial charge is 0.481 e. The van der Waals surface area contributed by atoms with Gasteiger partial charge in [0.15, 0.2) is 23.8 Å². The molecule has 0 N–H and O–H groups in total. The molecule has 3 heterocycles. The number of nitrogens with zero attached hydrogens (tertiary/aromatic N) is 4. The van der Waals surface area contributed by atoms with Gasteiger partial charge in [-0.2, -0.15) is 5.10 Å². The zero-order chi connectivity index (χ0) is 18.8. The van der Waals surface area contributed by atoms with E-state index in [1.54, 1.807) is 27.9 Å². The van der Waals surface area contributed by atoms with Gasteiger partial charge >= 0.3 is 0 Å². The SMILES string of the molecule is Cn1nc([C@H]2CCCN(C(=O)COc3ccccc3F)C2)c2cccnc21. The van der Waals surface area contributed by atoms with Crippen LogP contribution in [0, 0.1) is 5.82 Å². The number of pyridine rings is 1. The average Bonchev–Trinajstić information content (AvgIpc) is 3.04. The molecule has 0 bridgehead atoms. The first-order chi connectivity index (χ1) is 13.1. The minimum absolute atomic E-state index is 0.0983. The minimum Gasteiger partial charge on any atom is -0.481 e. The molecular weight excluding hydrogens is 347 g/mol. The molecule has 0 aliphatic carbocycles. The number of amides is 1. The highest BCUT2D eigenvalue weighted by atomic mass is 19.1. The molecule has 0 unspecified atom stereocenters. The number of para-hydroxylation sites is 1. The summed E-state index contributed by atoms with van der Waals surface area (Å²) in [7, 11) is 1.88. The Balaban J connectivity index is 1.46. The molecule has 1 aliphatic rings. The summed E-state index contributed by atoms with van der Waals surface area (Å²) in [5.74, 6) is -0.346. The number of fused-ring (bicyclic) bond motifs is 1. The maximum atomic E-state index is 13.6. The molecule has 1 aromatic carbocycles. The maximum absolute atomic E-state index is 13.6. The van der Waals surface area contributed by atoms with Gasteiger partial charge in [-0.05, 0) is 37.1 Å². The predicted molar refractivity (Wildman–Crippen MR) is 99.0 cm³/mol. The second-order valence-corrected chi connectivity index (χ2v) is 6.78. The zero-order valence-electron chi connectivity index (χ0n) is 15.1. The lowest BCUT2D eigenvalue weighted by Gasteiger charge is -2.32. The quantitative estimate of drug-likeness (QED) is 0.710. The first-order valence-electron chi connectivity index (χ1n) is 9.06. The standard InChI is InChI=1S/C20H21FN4O2/c1-24-20-15(7-4-10-22-20)19(23-24)14-6-5-11-25(12-14)18(26)13-27-17-9-3-2-8-16(17)21/h2-4,7-10,14H,5-6,11-13H2,1H3/t14-/m0/s1. The Morgan fingerprint density at radius 1 is 1.30 bits per heavy atom. The van der Waals surface area contributed by atoms with Crippen molar-refractivity contribution in [2.24, 2.45) is 7.05 Å². The van der Waals surface area contributed by atoms with Gasteiger partial charge in [-0.15, -0.1) is 0 Å². The van der Waals surface area contributed by atoms with E-state index in [-0.39, 0.29) is 24.2 Å². The van der Waals surface area contributed by atoms with Crippen LogP contribution in [0.2, 0.25) is 0 Å². The summed E-state index contributed by atoms with van der Waals surface area (Å²) in [6.45, 7) is 1.09. The van der Waals surface area contributed by atoms with E-state index in [1.165, 1.54) is 12.1 Å². The van der Waals surface area contributed by atoms with Gasteiger partial charge in [0.25, 0.3) is 5.91 Å². The number of carbonyl (C=O) groups excluding carboxylic acids is 1. The second-order valence-electron chi connectivity index (χ2n) is 6.78. The molecule has 0 radical (unpaired) electrons. The van der Waals surface area contributed by atoms with Crippen LogP contribution in [0.3, 0.4) is 0 Å². The lowest BCUT2D eigenvalue weighted by atomic mass is 9.93. The molecule has 27 heavy (non-hydrogen) atoms. The summed E-state index contributed by atoms with van der Waals surface area (Å²) >= 11 is 0. The summed E-state index contributed by atoms with van der Waals surface area (Å²) in [5.41, 5.74) is 1.83. The Labute approximate surface area is 156 Å². The Morgan fingerprint density at radius 2 is 2.15 bits per heavy atom. The predicted octanol–water partition coefficient (Wildman–Crippen LogP) is 2.89. The van der Waals surface area contributed by atoms with Crippen molar-refractivity contribution in [2.75, 3.05) is 19.7 Å². The van der Waals surface area contributed by atoms with Gasteiger partial charge in [-0.3, -0.25) is 9.48 Å². The van der Waals surface area contributed by atoms with E-state index < -0.39 is 5.82 Å². The van der Waals surface area contributed by atoms with E-state index in [0.717, 1.165) is 29.6 Å². The number of aromatic nitrogens is 3. The molecule has 1 aliphatic heterocycles. The van der Waals surface area contributed by atoms with Crippen molar-refractivity contribution < 1.29 is 13.9 Å². The molecule has 140 valence electrons. The van der Waals surface area contributed by atoms with Crippen molar-refractivity contribution in [3.63, 3.8) is 0 Å². The molecule has 0 spiro atoms. The van der Waals surface area contributed by atoms with Crippen LogP contribution in [0.25, 0.3) is 11.0 Å². The number of hydrogen-bond donors (Lipinski definition) is 0. The molecule has 0 saturated carbocycles. The normalized spacial score (nSPS) is 17.3. The van der Waals surface area contributed by atoms with Crippen molar-refractivity contribution in [2.45, 2.75) is 18.8 Å². The molecule has 4 rings (SSSR count). The molecule has 1 atom stereocenters. The lowest BCUT2D eigenvalue weighted by Crippen LogP contribution is -2.41. The van der Waals surface area contributed by atoms with Crippen molar-refractivity contribution in [3.05, 3.63) is 54.1 Å². The third-order valence-electron chi connectivity index (χ3n) is 4.98. The number of hydrogen-bond acceptors (Lipinski definition) is 4. The van der Waals surface area contributed by atoms with Gasteiger partial charge < -0.3 is 9.64 Å². The number of rotatable bonds is 4. The topological polar surface area (TPSA) is 60.2 Å². The summed E-state index contributed by atoms with van der Waals surface area (Å²) < 4.78 is 20.8. The van der Waals surface area contributed by atoms with E-state index in [9.17, 15) is 9.18 Å². The molecular formula is C20H21FN4O2. The summed E-state index contributed by atoms with van der Waals surface area (Å²) in [6.07, 6.45) is 3.62. The fraction of sp³-hybridized carbons (Fsp3) is 0.350. The molecule has 1 fully saturated rings. The van der Waals surface area contributed by atoms with Gasteiger partial charge in [0.1, 0.15) is 0 Å². The highest BCUT2D eigenvalue weighted by Gasteiger charge is 2.28. The molecule has 2 aromatic heterocycles. The van der Waals surface area contributed by atoms with Crippen LogP contribution in [0.1, 0.15) is 24.5 Å². The highest BCUT2D eigenvalue weighted by molar-refractivity contribution is 5.80. The fourth-order valence-corrected chi connectivity index (χ4v) is 3.64. The Kier molecular flexibility index (Phi) is 4.75. The summed E-state index contributed by atoms with van der Waals surface area (Å²) in [5, 5.41) is 5.68. The first-order valence-corrected chi connectivity index (χ1v) is 9.06. The van der Waals surface area contributed by atoms with Crippen molar-refractivity contribution >= 4 is 16.9 Å². The van der Waals surface area contributed by atoms with Crippen molar-refractivity contribution in [1.29, 1.82) is 0 Å². The average molecular weight is 368 g/mol. The number of likely N-dealkylation sites (tertiary alicyclic amines) is 1. The van der Waals surface area contributed by atoms with Gasteiger partial charge in [0.2, 0.25) is 0 Å². The molecule has 6 nitrogen and oxygen atoms in total. The lowest BCUT2D eigenvalue weighted by molar-refractivity contribution is -0.134. The summed E-state index contributed by atoms with van der Waals surface area (Å²) in [6, 6.07) is 10.0. The number of benzene rings is 1. The molecule has 3 aromatic rings. The monoisotopic (exact) mass is 368 g/mol.